The summed E-state index contributed by atoms with van der Waals surface area (Å²) in [6.45, 7) is 9.51. The first kappa shape index (κ1) is 19.3. The van der Waals surface area contributed by atoms with E-state index in [1.165, 1.54) is 27.5 Å². The molecule has 140 valence electrons. The van der Waals surface area contributed by atoms with E-state index in [2.05, 4.69) is 88.0 Å². The first-order chi connectivity index (χ1) is 13.0. The molecule has 0 saturated heterocycles. The number of pyridine rings is 1. The second-order valence-corrected chi connectivity index (χ2v) is 7.67. The normalized spacial score (nSPS) is 11.3. The van der Waals surface area contributed by atoms with Gasteiger partial charge in [-0.2, -0.15) is 0 Å². The van der Waals surface area contributed by atoms with E-state index < -0.39 is 0 Å². The minimum Gasteiger partial charge on any atom is -0.304 e. The van der Waals surface area contributed by atoms with Crippen LogP contribution in [-0.4, -0.2) is 24.0 Å². The van der Waals surface area contributed by atoms with E-state index in [4.69, 9.17) is 4.98 Å². The van der Waals surface area contributed by atoms with Crippen molar-refractivity contribution in [2.24, 2.45) is 0 Å². The summed E-state index contributed by atoms with van der Waals surface area (Å²) in [5, 5.41) is 2.56. The van der Waals surface area contributed by atoms with Gasteiger partial charge in [0.15, 0.2) is 0 Å². The molecule has 2 heteroatoms. The summed E-state index contributed by atoms with van der Waals surface area (Å²) in [6.07, 6.45) is 3.03. The molecule has 0 amide bonds. The van der Waals surface area contributed by atoms with Gasteiger partial charge in [-0.3, -0.25) is 4.98 Å². The van der Waals surface area contributed by atoms with Crippen molar-refractivity contribution in [3.8, 4) is 0 Å². The fourth-order valence-electron chi connectivity index (χ4n) is 3.69. The molecule has 0 radical (unpaired) electrons. The SMILES string of the molecule is C=C(CCC)c1nc(CN(C)C)c2cc(Cc3ccccc3)ccc2c1C. The zero-order chi connectivity index (χ0) is 19.4. The van der Waals surface area contributed by atoms with Crippen LogP contribution in [0.2, 0.25) is 0 Å². The van der Waals surface area contributed by atoms with Crippen molar-refractivity contribution >= 4 is 16.3 Å². The number of hydrogen-bond acceptors (Lipinski definition) is 2. The molecule has 3 rings (SSSR count). The van der Waals surface area contributed by atoms with Gasteiger partial charge in [-0.15, -0.1) is 0 Å². The van der Waals surface area contributed by atoms with Crippen molar-refractivity contribution in [1.29, 1.82) is 0 Å². The van der Waals surface area contributed by atoms with Crippen LogP contribution in [0.5, 0.6) is 0 Å². The Hall–Kier alpha value is -2.45. The number of benzene rings is 2. The van der Waals surface area contributed by atoms with Crippen LogP contribution in [0.15, 0.2) is 55.1 Å². The third kappa shape index (κ3) is 4.45. The summed E-state index contributed by atoms with van der Waals surface area (Å²) in [5.74, 6) is 0. The van der Waals surface area contributed by atoms with Crippen LogP contribution >= 0.6 is 0 Å². The Morgan fingerprint density at radius 3 is 2.41 bits per heavy atom. The largest absolute Gasteiger partial charge is 0.304 e. The van der Waals surface area contributed by atoms with E-state index in [9.17, 15) is 0 Å². The molecule has 1 aromatic heterocycles. The van der Waals surface area contributed by atoms with Gasteiger partial charge in [0, 0.05) is 11.9 Å². The molecule has 0 saturated carbocycles. The Morgan fingerprint density at radius 1 is 1.00 bits per heavy atom. The van der Waals surface area contributed by atoms with Gasteiger partial charge in [0.2, 0.25) is 0 Å². The Morgan fingerprint density at radius 2 is 1.74 bits per heavy atom. The standard InChI is InChI=1S/C25H30N2/c1-6-10-18(2)25-19(3)22-14-13-21(15-20-11-8-7-9-12-20)16-23(22)24(26-25)17-27(4)5/h7-9,11-14,16H,2,6,10,15,17H2,1,3-5H3. The lowest BCUT2D eigenvalue weighted by molar-refractivity contribution is 0.398. The van der Waals surface area contributed by atoms with Crippen LogP contribution < -0.4 is 0 Å². The van der Waals surface area contributed by atoms with Crippen LogP contribution in [0.4, 0.5) is 0 Å². The molecule has 0 bridgehead atoms. The van der Waals surface area contributed by atoms with E-state index in [1.54, 1.807) is 0 Å². The highest BCUT2D eigenvalue weighted by Gasteiger charge is 2.14. The first-order valence-corrected chi connectivity index (χ1v) is 9.78. The zero-order valence-corrected chi connectivity index (χ0v) is 17.0. The van der Waals surface area contributed by atoms with Gasteiger partial charge in [0.25, 0.3) is 0 Å². The molecule has 2 nitrogen and oxygen atoms in total. The quantitative estimate of drug-likeness (QED) is 0.514. The average Bonchev–Trinajstić information content (AvgIpc) is 2.64. The fraction of sp³-hybridized carbons (Fsp3) is 0.320. The summed E-state index contributed by atoms with van der Waals surface area (Å²) in [4.78, 5) is 7.25. The molecule has 3 aromatic rings. The van der Waals surface area contributed by atoms with E-state index in [0.717, 1.165) is 42.8 Å². The summed E-state index contributed by atoms with van der Waals surface area (Å²) in [6, 6.07) is 17.5. The van der Waals surface area contributed by atoms with Crippen molar-refractivity contribution in [2.45, 2.75) is 39.7 Å². The summed E-state index contributed by atoms with van der Waals surface area (Å²) < 4.78 is 0. The highest BCUT2D eigenvalue weighted by atomic mass is 15.1. The third-order valence-electron chi connectivity index (χ3n) is 5.00. The predicted octanol–water partition coefficient (Wildman–Crippen LogP) is 6.01. The lowest BCUT2D eigenvalue weighted by atomic mass is 9.95. The topological polar surface area (TPSA) is 16.1 Å². The fourth-order valence-corrected chi connectivity index (χ4v) is 3.69. The number of aryl methyl sites for hydroxylation is 1. The number of allylic oxidation sites excluding steroid dienone is 1. The minimum atomic E-state index is 0.831. The van der Waals surface area contributed by atoms with Crippen LogP contribution in [-0.2, 0) is 13.0 Å². The summed E-state index contributed by atoms with van der Waals surface area (Å²) in [7, 11) is 4.20. The maximum Gasteiger partial charge on any atom is 0.0695 e. The Labute approximate surface area is 163 Å². The Kier molecular flexibility index (Phi) is 6.08. The van der Waals surface area contributed by atoms with Gasteiger partial charge in [-0.25, -0.2) is 0 Å². The molecule has 27 heavy (non-hydrogen) atoms. The monoisotopic (exact) mass is 358 g/mol. The van der Waals surface area contributed by atoms with Gasteiger partial charge in [-0.05, 0) is 67.6 Å². The van der Waals surface area contributed by atoms with E-state index in [-0.39, 0.29) is 0 Å². The van der Waals surface area contributed by atoms with Crippen LogP contribution in [0.1, 0.15) is 47.8 Å². The lowest BCUT2D eigenvalue weighted by Gasteiger charge is -2.18. The van der Waals surface area contributed by atoms with Gasteiger partial charge in [-0.1, -0.05) is 62.4 Å². The molecule has 0 aliphatic heterocycles. The summed E-state index contributed by atoms with van der Waals surface area (Å²) >= 11 is 0. The first-order valence-electron chi connectivity index (χ1n) is 9.78. The smallest absolute Gasteiger partial charge is 0.0695 e. The van der Waals surface area contributed by atoms with Crippen molar-refractivity contribution in [1.82, 2.24) is 9.88 Å². The minimum absolute atomic E-state index is 0.831. The zero-order valence-electron chi connectivity index (χ0n) is 17.0. The molecule has 0 spiro atoms. The van der Waals surface area contributed by atoms with Crippen LogP contribution in [0.25, 0.3) is 16.3 Å². The number of rotatable bonds is 7. The molecule has 2 aromatic carbocycles. The lowest BCUT2D eigenvalue weighted by Crippen LogP contribution is -2.14. The van der Waals surface area contributed by atoms with Gasteiger partial charge in [0.05, 0.1) is 11.4 Å². The molecule has 0 aliphatic carbocycles. The summed E-state index contributed by atoms with van der Waals surface area (Å²) in [5.41, 5.74) is 7.28. The molecular formula is C25H30N2. The van der Waals surface area contributed by atoms with E-state index in [0.29, 0.717) is 0 Å². The van der Waals surface area contributed by atoms with Crippen molar-refractivity contribution in [2.75, 3.05) is 14.1 Å². The number of fused-ring (bicyclic) bond motifs is 1. The second kappa shape index (κ2) is 8.49. The molecule has 0 N–H and O–H groups in total. The molecule has 1 heterocycles. The second-order valence-electron chi connectivity index (χ2n) is 7.67. The maximum atomic E-state index is 5.07. The third-order valence-corrected chi connectivity index (χ3v) is 5.00. The highest BCUT2D eigenvalue weighted by Crippen LogP contribution is 2.30. The van der Waals surface area contributed by atoms with Crippen molar-refractivity contribution < 1.29 is 0 Å². The van der Waals surface area contributed by atoms with E-state index in [1.807, 2.05) is 0 Å². The molecule has 0 atom stereocenters. The van der Waals surface area contributed by atoms with Crippen LogP contribution in [0.3, 0.4) is 0 Å². The average molecular weight is 359 g/mol. The van der Waals surface area contributed by atoms with Crippen molar-refractivity contribution in [3.63, 3.8) is 0 Å². The molecule has 0 aliphatic rings. The number of nitrogens with zero attached hydrogens (tertiary/aromatic N) is 2. The molecule has 0 unspecified atom stereocenters. The Balaban J connectivity index is 2.10. The van der Waals surface area contributed by atoms with Crippen LogP contribution in [0, 0.1) is 6.92 Å². The van der Waals surface area contributed by atoms with E-state index >= 15 is 0 Å². The maximum absolute atomic E-state index is 5.07. The Bertz CT molecular complexity index is 939. The van der Waals surface area contributed by atoms with Gasteiger partial charge >= 0.3 is 0 Å². The highest BCUT2D eigenvalue weighted by molar-refractivity contribution is 5.91. The van der Waals surface area contributed by atoms with Gasteiger partial charge < -0.3 is 4.90 Å². The van der Waals surface area contributed by atoms with Crippen molar-refractivity contribution in [3.05, 3.63) is 83.2 Å². The predicted molar refractivity (Wildman–Crippen MR) is 117 cm³/mol. The molecule has 0 fully saturated rings. The van der Waals surface area contributed by atoms with Gasteiger partial charge in [0.1, 0.15) is 0 Å². The number of aromatic nitrogens is 1. The number of hydrogen-bond donors (Lipinski definition) is 0. The molecular weight excluding hydrogens is 328 g/mol.